The highest BCUT2D eigenvalue weighted by Crippen LogP contribution is 2.33. The zero-order valence-electron chi connectivity index (χ0n) is 17.3. The van der Waals surface area contributed by atoms with E-state index in [1.807, 2.05) is 38.1 Å². The normalized spacial score (nSPS) is 17.7. The average Bonchev–Trinajstić information content (AvgIpc) is 3.31. The van der Waals surface area contributed by atoms with Gasteiger partial charge in [0.15, 0.2) is 9.84 Å². The molecule has 0 aromatic heterocycles. The monoisotopic (exact) mass is 426 g/mol. The largest absolute Gasteiger partial charge is 0.312 e. The lowest BCUT2D eigenvalue weighted by molar-refractivity contribution is -0.119. The second-order valence-corrected chi connectivity index (χ2v) is 10.1. The summed E-state index contributed by atoms with van der Waals surface area (Å²) < 4.78 is 25.8. The molecular weight excluding hydrogens is 400 g/mol. The maximum atomic E-state index is 12.9. The van der Waals surface area contributed by atoms with E-state index in [1.54, 1.807) is 28.0 Å². The van der Waals surface area contributed by atoms with E-state index in [-0.39, 0.29) is 34.9 Å². The van der Waals surface area contributed by atoms with Gasteiger partial charge in [0.05, 0.1) is 10.6 Å². The molecule has 2 heterocycles. The van der Waals surface area contributed by atoms with Crippen molar-refractivity contribution in [3.8, 4) is 0 Å². The van der Waals surface area contributed by atoms with Gasteiger partial charge >= 0.3 is 0 Å². The van der Waals surface area contributed by atoms with Crippen LogP contribution >= 0.6 is 0 Å². The molecule has 0 bridgehead atoms. The van der Waals surface area contributed by atoms with Gasteiger partial charge in [0.1, 0.15) is 0 Å². The number of hydrogen-bond donors (Lipinski definition) is 0. The third-order valence-corrected chi connectivity index (χ3v) is 7.68. The van der Waals surface area contributed by atoms with E-state index in [9.17, 15) is 18.0 Å². The Labute approximate surface area is 177 Å². The number of para-hydroxylation sites is 1. The third kappa shape index (κ3) is 3.62. The van der Waals surface area contributed by atoms with Gasteiger partial charge in [-0.3, -0.25) is 9.59 Å². The minimum absolute atomic E-state index is 0.0275. The first-order valence-electron chi connectivity index (χ1n) is 10.4. The minimum atomic E-state index is -3.60. The van der Waals surface area contributed by atoms with E-state index in [2.05, 4.69) is 0 Å². The van der Waals surface area contributed by atoms with E-state index in [4.69, 9.17) is 0 Å². The fraction of sp³-hybridized carbons (Fsp3) is 0.391. The molecule has 0 N–H and O–H groups in total. The summed E-state index contributed by atoms with van der Waals surface area (Å²) in [5.74, 6) is -0.361. The third-order valence-electron chi connectivity index (χ3n) is 5.97. The van der Waals surface area contributed by atoms with Crippen molar-refractivity contribution in [2.24, 2.45) is 0 Å². The van der Waals surface area contributed by atoms with E-state index in [1.165, 1.54) is 0 Å². The number of rotatable bonds is 5. The number of nitrogens with zero attached hydrogens (tertiary/aromatic N) is 2. The summed E-state index contributed by atoms with van der Waals surface area (Å²) in [5.41, 5.74) is 3.65. The highest BCUT2D eigenvalue weighted by Gasteiger charge is 2.31. The SMILES string of the molecule is CCC(=O)N1CCc2cc(S(=O)(=O)CCC(=O)N3c4ccccc4CC3C)ccc21. The molecule has 2 aromatic carbocycles. The van der Waals surface area contributed by atoms with E-state index in [0.29, 0.717) is 19.4 Å². The lowest BCUT2D eigenvalue weighted by Crippen LogP contribution is -2.36. The van der Waals surface area contributed by atoms with Gasteiger partial charge in [-0.1, -0.05) is 25.1 Å². The van der Waals surface area contributed by atoms with Crippen LogP contribution in [-0.4, -0.2) is 38.6 Å². The van der Waals surface area contributed by atoms with Crippen molar-refractivity contribution in [2.45, 2.75) is 50.5 Å². The maximum Gasteiger partial charge on any atom is 0.228 e. The Kier molecular flexibility index (Phi) is 5.40. The van der Waals surface area contributed by atoms with Gasteiger partial charge in [-0.2, -0.15) is 0 Å². The van der Waals surface area contributed by atoms with Crippen molar-refractivity contribution in [1.29, 1.82) is 0 Å². The molecule has 0 radical (unpaired) electrons. The van der Waals surface area contributed by atoms with Crippen molar-refractivity contribution >= 4 is 33.0 Å². The molecule has 0 spiro atoms. The quantitative estimate of drug-likeness (QED) is 0.736. The Hall–Kier alpha value is -2.67. The molecule has 0 aliphatic carbocycles. The first kappa shape index (κ1) is 20.6. The average molecular weight is 427 g/mol. The van der Waals surface area contributed by atoms with Gasteiger partial charge in [0.25, 0.3) is 0 Å². The summed E-state index contributed by atoms with van der Waals surface area (Å²) in [6.07, 6.45) is 1.79. The molecule has 2 aliphatic rings. The number of carbonyl (C=O) groups is 2. The van der Waals surface area contributed by atoms with Gasteiger partial charge in [-0.15, -0.1) is 0 Å². The standard InChI is InChI=1S/C23H26N2O4S/c1-3-22(26)24-12-10-18-15-19(8-9-20(18)24)30(28,29)13-11-23(27)25-16(2)14-17-6-4-5-7-21(17)25/h4-9,15-16H,3,10-14H2,1-2H3. The number of fused-ring (bicyclic) bond motifs is 2. The molecule has 2 aliphatic heterocycles. The van der Waals surface area contributed by atoms with Gasteiger partial charge < -0.3 is 9.80 Å². The number of sulfone groups is 1. The molecule has 158 valence electrons. The van der Waals surface area contributed by atoms with Crippen molar-refractivity contribution in [1.82, 2.24) is 0 Å². The highest BCUT2D eigenvalue weighted by molar-refractivity contribution is 7.91. The van der Waals surface area contributed by atoms with Crippen LogP contribution in [0.1, 0.15) is 37.8 Å². The van der Waals surface area contributed by atoms with Crippen LogP contribution in [0.3, 0.4) is 0 Å². The predicted molar refractivity (Wildman–Crippen MR) is 117 cm³/mol. The van der Waals surface area contributed by atoms with Gasteiger partial charge in [0.2, 0.25) is 11.8 Å². The van der Waals surface area contributed by atoms with Gasteiger partial charge in [0, 0.05) is 36.8 Å². The Morgan fingerprint density at radius 2 is 1.80 bits per heavy atom. The molecule has 2 amide bonds. The number of carbonyl (C=O) groups excluding carboxylic acids is 2. The fourth-order valence-electron chi connectivity index (χ4n) is 4.43. The number of anilines is 2. The van der Waals surface area contributed by atoms with E-state index in [0.717, 1.165) is 28.9 Å². The number of benzene rings is 2. The van der Waals surface area contributed by atoms with Crippen molar-refractivity contribution < 1.29 is 18.0 Å². The summed E-state index contributed by atoms with van der Waals surface area (Å²) in [4.78, 5) is 28.5. The Balaban J connectivity index is 1.48. The van der Waals surface area contributed by atoms with Crippen LogP contribution in [0.25, 0.3) is 0 Å². The van der Waals surface area contributed by atoms with Crippen LogP contribution in [0.15, 0.2) is 47.4 Å². The summed E-state index contributed by atoms with van der Waals surface area (Å²) in [5, 5.41) is 0. The predicted octanol–water partition coefficient (Wildman–Crippen LogP) is 3.13. The smallest absolute Gasteiger partial charge is 0.228 e. The van der Waals surface area contributed by atoms with E-state index >= 15 is 0 Å². The Morgan fingerprint density at radius 3 is 2.57 bits per heavy atom. The summed E-state index contributed by atoms with van der Waals surface area (Å²) in [6.45, 7) is 4.38. The Morgan fingerprint density at radius 1 is 1.03 bits per heavy atom. The molecule has 0 saturated heterocycles. The molecule has 7 heteroatoms. The van der Waals surface area contributed by atoms with Crippen molar-refractivity contribution in [3.05, 3.63) is 53.6 Å². The second-order valence-electron chi connectivity index (χ2n) is 7.95. The van der Waals surface area contributed by atoms with Crippen LogP contribution in [0.5, 0.6) is 0 Å². The molecule has 30 heavy (non-hydrogen) atoms. The van der Waals surface area contributed by atoms with Crippen LogP contribution in [-0.2, 0) is 32.3 Å². The summed E-state index contributed by atoms with van der Waals surface area (Å²) >= 11 is 0. The number of hydrogen-bond acceptors (Lipinski definition) is 4. The zero-order valence-corrected chi connectivity index (χ0v) is 18.1. The maximum absolute atomic E-state index is 12.9. The summed E-state index contributed by atoms with van der Waals surface area (Å²) in [6, 6.07) is 12.7. The van der Waals surface area contributed by atoms with Crippen LogP contribution in [0, 0.1) is 0 Å². The Bertz CT molecular complexity index is 1110. The fourth-order valence-corrected chi connectivity index (χ4v) is 5.70. The molecule has 1 unspecified atom stereocenters. The van der Waals surface area contributed by atoms with Gasteiger partial charge in [-0.05, 0) is 55.2 Å². The first-order valence-corrected chi connectivity index (χ1v) is 12.0. The minimum Gasteiger partial charge on any atom is -0.312 e. The highest BCUT2D eigenvalue weighted by atomic mass is 32.2. The molecule has 0 saturated carbocycles. The van der Waals surface area contributed by atoms with Crippen molar-refractivity contribution in [3.63, 3.8) is 0 Å². The molecule has 2 aromatic rings. The molecular formula is C23H26N2O4S. The van der Waals surface area contributed by atoms with Crippen LogP contribution in [0.4, 0.5) is 11.4 Å². The molecule has 1 atom stereocenters. The van der Waals surface area contributed by atoms with Gasteiger partial charge in [-0.25, -0.2) is 8.42 Å². The first-order chi connectivity index (χ1) is 14.3. The number of amides is 2. The summed E-state index contributed by atoms with van der Waals surface area (Å²) in [7, 11) is -3.60. The van der Waals surface area contributed by atoms with E-state index < -0.39 is 9.84 Å². The molecule has 0 fully saturated rings. The second kappa shape index (κ2) is 7.87. The van der Waals surface area contributed by atoms with Crippen LogP contribution < -0.4 is 9.80 Å². The zero-order chi connectivity index (χ0) is 21.5. The molecule has 4 rings (SSSR count). The molecule has 6 nitrogen and oxygen atoms in total. The topological polar surface area (TPSA) is 74.8 Å². The van der Waals surface area contributed by atoms with Crippen LogP contribution in [0.2, 0.25) is 0 Å². The lowest BCUT2D eigenvalue weighted by atomic mass is 10.1. The lowest BCUT2D eigenvalue weighted by Gasteiger charge is -2.22. The van der Waals surface area contributed by atoms with Crippen molar-refractivity contribution in [2.75, 3.05) is 22.1 Å².